The van der Waals surface area contributed by atoms with Crippen LogP contribution in [-0.2, 0) is 9.53 Å². The summed E-state index contributed by atoms with van der Waals surface area (Å²) in [7, 11) is 0. The molecule has 2 aromatic rings. The lowest BCUT2D eigenvalue weighted by atomic mass is 10.2. The van der Waals surface area contributed by atoms with E-state index in [1.807, 2.05) is 25.3 Å². The molecule has 0 saturated heterocycles. The van der Waals surface area contributed by atoms with E-state index in [0.717, 1.165) is 16.9 Å². The van der Waals surface area contributed by atoms with Crippen molar-refractivity contribution in [3.8, 4) is 5.75 Å². The molecule has 1 heterocycles. The first-order valence-electron chi connectivity index (χ1n) is 7.86. The number of rotatable bonds is 8. The number of benzene rings is 1. The zero-order valence-corrected chi connectivity index (χ0v) is 15.0. The van der Waals surface area contributed by atoms with Crippen LogP contribution >= 0.6 is 11.3 Å². The van der Waals surface area contributed by atoms with Gasteiger partial charge in [0.1, 0.15) is 5.75 Å². The van der Waals surface area contributed by atoms with Crippen molar-refractivity contribution in [2.24, 2.45) is 5.10 Å². The summed E-state index contributed by atoms with van der Waals surface area (Å²) in [6.45, 7) is 4.13. The molecule has 0 atom stereocenters. The van der Waals surface area contributed by atoms with Gasteiger partial charge in [-0.2, -0.15) is 5.10 Å². The Morgan fingerprint density at radius 1 is 1.24 bits per heavy atom. The summed E-state index contributed by atoms with van der Waals surface area (Å²) in [5, 5.41) is 5.86. The van der Waals surface area contributed by atoms with Crippen LogP contribution in [0.4, 0.5) is 0 Å². The molecule has 1 aromatic carbocycles. The molecule has 2 rings (SSSR count). The number of hydrazone groups is 1. The van der Waals surface area contributed by atoms with E-state index in [1.165, 1.54) is 0 Å². The highest BCUT2D eigenvalue weighted by Crippen LogP contribution is 2.13. The summed E-state index contributed by atoms with van der Waals surface area (Å²) in [5.74, 6) is -0.249. The van der Waals surface area contributed by atoms with E-state index < -0.39 is 0 Å². The number of amides is 1. The molecule has 0 fully saturated rings. The van der Waals surface area contributed by atoms with Crippen LogP contribution in [0.25, 0.3) is 0 Å². The molecule has 0 radical (unpaired) electrons. The van der Waals surface area contributed by atoms with Gasteiger partial charge in [0.25, 0.3) is 5.91 Å². The fraction of sp³-hybridized carbons (Fsp3) is 0.278. The SMILES string of the molecule is CCCOC(=O)c1ccc(OCC(=O)NN=Cc2sccc2C)cc1. The molecule has 132 valence electrons. The van der Waals surface area contributed by atoms with E-state index in [0.29, 0.717) is 17.9 Å². The average Bonchev–Trinajstić information content (AvgIpc) is 3.03. The Hall–Kier alpha value is -2.67. The van der Waals surface area contributed by atoms with Crippen molar-refractivity contribution in [1.82, 2.24) is 5.43 Å². The predicted octanol–water partition coefficient (Wildman–Crippen LogP) is 3.15. The third-order valence-electron chi connectivity index (χ3n) is 3.17. The van der Waals surface area contributed by atoms with Crippen LogP contribution in [0.3, 0.4) is 0 Å². The molecular weight excluding hydrogens is 340 g/mol. The number of hydrogen-bond acceptors (Lipinski definition) is 6. The van der Waals surface area contributed by atoms with Crippen LogP contribution < -0.4 is 10.2 Å². The molecule has 6 nitrogen and oxygen atoms in total. The molecule has 7 heteroatoms. The topological polar surface area (TPSA) is 77.0 Å². The number of aryl methyl sites for hydroxylation is 1. The van der Waals surface area contributed by atoms with Crippen molar-refractivity contribution in [2.75, 3.05) is 13.2 Å². The summed E-state index contributed by atoms with van der Waals surface area (Å²) in [5.41, 5.74) is 3.96. The average molecular weight is 360 g/mol. The van der Waals surface area contributed by atoms with E-state index in [2.05, 4.69) is 10.5 Å². The molecule has 0 saturated carbocycles. The minimum atomic E-state index is -0.371. The van der Waals surface area contributed by atoms with Crippen LogP contribution in [0.5, 0.6) is 5.75 Å². The minimum absolute atomic E-state index is 0.166. The highest BCUT2D eigenvalue weighted by atomic mass is 32.1. The minimum Gasteiger partial charge on any atom is -0.484 e. The third kappa shape index (κ3) is 6.04. The molecule has 0 spiro atoms. The van der Waals surface area contributed by atoms with Crippen molar-refractivity contribution < 1.29 is 19.1 Å². The van der Waals surface area contributed by atoms with Crippen molar-refractivity contribution in [1.29, 1.82) is 0 Å². The van der Waals surface area contributed by atoms with Gasteiger partial charge in [-0.3, -0.25) is 4.79 Å². The number of carbonyl (C=O) groups is 2. The second kappa shape index (κ2) is 9.58. The maximum absolute atomic E-state index is 11.7. The van der Waals surface area contributed by atoms with Crippen molar-refractivity contribution in [3.63, 3.8) is 0 Å². The summed E-state index contributed by atoms with van der Waals surface area (Å²) < 4.78 is 10.4. The Kier molecular flexibility index (Phi) is 7.16. The first-order valence-corrected chi connectivity index (χ1v) is 8.74. The number of nitrogens with one attached hydrogen (secondary N) is 1. The molecule has 1 amide bonds. The largest absolute Gasteiger partial charge is 0.484 e. The van der Waals surface area contributed by atoms with Gasteiger partial charge in [-0.05, 0) is 54.6 Å². The van der Waals surface area contributed by atoms with Crippen LogP contribution in [-0.4, -0.2) is 31.3 Å². The summed E-state index contributed by atoms with van der Waals surface area (Å²) >= 11 is 1.55. The second-order valence-corrected chi connectivity index (χ2v) is 6.16. The van der Waals surface area contributed by atoms with E-state index in [1.54, 1.807) is 41.8 Å². The molecule has 0 aliphatic carbocycles. The Balaban J connectivity index is 1.77. The summed E-state index contributed by atoms with van der Waals surface area (Å²) in [6.07, 6.45) is 2.38. The predicted molar refractivity (Wildman–Crippen MR) is 97.3 cm³/mol. The number of hydrogen-bond donors (Lipinski definition) is 1. The number of carbonyl (C=O) groups excluding carboxylic acids is 2. The zero-order valence-electron chi connectivity index (χ0n) is 14.2. The number of nitrogens with zero attached hydrogens (tertiary/aromatic N) is 1. The second-order valence-electron chi connectivity index (χ2n) is 5.21. The van der Waals surface area contributed by atoms with Crippen LogP contribution in [0.1, 0.15) is 34.1 Å². The Bertz CT molecular complexity index is 738. The first kappa shape index (κ1) is 18.7. The van der Waals surface area contributed by atoms with Crippen LogP contribution in [0.15, 0.2) is 40.8 Å². The van der Waals surface area contributed by atoms with Gasteiger partial charge in [-0.25, -0.2) is 10.2 Å². The molecule has 0 aliphatic heterocycles. The van der Waals surface area contributed by atoms with Gasteiger partial charge in [-0.1, -0.05) is 6.92 Å². The first-order chi connectivity index (χ1) is 12.1. The van der Waals surface area contributed by atoms with Crippen molar-refractivity contribution in [3.05, 3.63) is 51.7 Å². The lowest BCUT2D eigenvalue weighted by Crippen LogP contribution is -2.24. The van der Waals surface area contributed by atoms with Crippen LogP contribution in [0.2, 0.25) is 0 Å². The maximum Gasteiger partial charge on any atom is 0.338 e. The lowest BCUT2D eigenvalue weighted by Gasteiger charge is -2.06. The standard InChI is InChI=1S/C18H20N2O4S/c1-3-9-23-18(22)14-4-6-15(7-5-14)24-12-17(21)20-19-11-16-13(2)8-10-25-16/h4-8,10-11H,3,9,12H2,1-2H3,(H,20,21). The maximum atomic E-state index is 11.7. The normalized spacial score (nSPS) is 10.6. The van der Waals surface area contributed by atoms with Gasteiger partial charge in [0.2, 0.25) is 0 Å². The Labute approximate surface area is 150 Å². The van der Waals surface area contributed by atoms with E-state index in [9.17, 15) is 9.59 Å². The molecule has 0 unspecified atom stereocenters. The molecule has 0 aliphatic rings. The summed E-state index contributed by atoms with van der Waals surface area (Å²) in [6, 6.07) is 8.42. The molecule has 25 heavy (non-hydrogen) atoms. The van der Waals surface area contributed by atoms with Crippen LogP contribution in [0, 0.1) is 6.92 Å². The Morgan fingerprint density at radius 2 is 2.00 bits per heavy atom. The summed E-state index contributed by atoms with van der Waals surface area (Å²) in [4.78, 5) is 24.4. The molecule has 1 aromatic heterocycles. The number of thiophene rings is 1. The van der Waals surface area contributed by atoms with Gasteiger partial charge in [0.05, 0.1) is 18.4 Å². The molecule has 1 N–H and O–H groups in total. The van der Waals surface area contributed by atoms with E-state index in [4.69, 9.17) is 9.47 Å². The highest BCUT2D eigenvalue weighted by Gasteiger charge is 2.07. The van der Waals surface area contributed by atoms with E-state index in [-0.39, 0.29) is 18.5 Å². The molecule has 0 bridgehead atoms. The lowest BCUT2D eigenvalue weighted by molar-refractivity contribution is -0.123. The van der Waals surface area contributed by atoms with Gasteiger partial charge in [0, 0.05) is 4.88 Å². The van der Waals surface area contributed by atoms with Crippen molar-refractivity contribution >= 4 is 29.4 Å². The van der Waals surface area contributed by atoms with Crippen molar-refractivity contribution in [2.45, 2.75) is 20.3 Å². The smallest absolute Gasteiger partial charge is 0.338 e. The third-order valence-corrected chi connectivity index (χ3v) is 4.12. The zero-order chi connectivity index (χ0) is 18.1. The van der Waals surface area contributed by atoms with E-state index >= 15 is 0 Å². The van der Waals surface area contributed by atoms with Gasteiger partial charge < -0.3 is 9.47 Å². The quantitative estimate of drug-likeness (QED) is 0.446. The monoisotopic (exact) mass is 360 g/mol. The van der Waals surface area contributed by atoms with Gasteiger partial charge in [-0.15, -0.1) is 11.3 Å². The fourth-order valence-corrected chi connectivity index (χ4v) is 2.61. The highest BCUT2D eigenvalue weighted by molar-refractivity contribution is 7.11. The number of esters is 1. The Morgan fingerprint density at radius 3 is 2.64 bits per heavy atom. The fourth-order valence-electron chi connectivity index (χ4n) is 1.83. The molecular formula is C18H20N2O4S. The van der Waals surface area contributed by atoms with Gasteiger partial charge in [0.15, 0.2) is 6.61 Å². The number of ether oxygens (including phenoxy) is 2. The van der Waals surface area contributed by atoms with Gasteiger partial charge >= 0.3 is 5.97 Å².